The van der Waals surface area contributed by atoms with Gasteiger partial charge in [0.15, 0.2) is 5.96 Å². The van der Waals surface area contributed by atoms with E-state index >= 15 is 0 Å². The van der Waals surface area contributed by atoms with Crippen LogP contribution in [0.25, 0.3) is 0 Å². The lowest BCUT2D eigenvalue weighted by molar-refractivity contribution is -0.0236. The fraction of sp³-hybridized carbons (Fsp3) is 0.588. The second-order valence-corrected chi connectivity index (χ2v) is 5.79. The normalized spacial score (nSPS) is 17.1. The Kier molecular flexibility index (Phi) is 6.05. The number of nitrogens with one attached hydrogen (secondary N) is 2. The molecule has 1 saturated carbocycles. The lowest BCUT2D eigenvalue weighted by Gasteiger charge is -2.35. The Balaban J connectivity index is 1.70. The number of aryl methyl sites for hydroxylation is 1. The van der Waals surface area contributed by atoms with Crippen LogP contribution in [0.5, 0.6) is 0 Å². The van der Waals surface area contributed by atoms with Gasteiger partial charge in [-0.05, 0) is 44.6 Å². The highest BCUT2D eigenvalue weighted by Crippen LogP contribution is 2.31. The lowest BCUT2D eigenvalue weighted by Crippen LogP contribution is -2.43. The van der Waals surface area contributed by atoms with Crippen molar-refractivity contribution in [3.8, 4) is 0 Å². The number of nitrogens with zero attached hydrogens (tertiary/aromatic N) is 1. The van der Waals surface area contributed by atoms with Crippen LogP contribution >= 0.6 is 0 Å². The molecule has 0 heterocycles. The molecule has 0 aliphatic heterocycles. The molecule has 3 N–H and O–H groups in total. The van der Waals surface area contributed by atoms with Crippen LogP contribution in [-0.2, 0) is 6.42 Å². The number of hydrogen-bond donors (Lipinski definition) is 3. The molecule has 1 aliphatic rings. The molecule has 4 heteroatoms. The lowest BCUT2D eigenvalue weighted by atomic mass is 9.80. The molecule has 1 aromatic carbocycles. The molecule has 1 fully saturated rings. The van der Waals surface area contributed by atoms with E-state index in [0.29, 0.717) is 6.54 Å². The van der Waals surface area contributed by atoms with Crippen LogP contribution in [0, 0.1) is 0 Å². The van der Waals surface area contributed by atoms with Crippen molar-refractivity contribution >= 4 is 5.96 Å². The molecule has 21 heavy (non-hydrogen) atoms. The second-order valence-electron chi connectivity index (χ2n) is 5.79. The highest BCUT2D eigenvalue weighted by Gasteiger charge is 2.34. The first-order chi connectivity index (χ1) is 10.2. The minimum Gasteiger partial charge on any atom is -0.388 e. The maximum absolute atomic E-state index is 10.1. The van der Waals surface area contributed by atoms with E-state index in [1.54, 1.807) is 0 Å². The Morgan fingerprint density at radius 3 is 2.62 bits per heavy atom. The fourth-order valence-electron chi connectivity index (χ4n) is 2.45. The zero-order valence-corrected chi connectivity index (χ0v) is 12.9. The number of rotatable bonds is 7. The molecular formula is C17H27N3O. The molecule has 2 rings (SSSR count). The van der Waals surface area contributed by atoms with Gasteiger partial charge in [-0.15, -0.1) is 0 Å². The molecule has 1 aromatic rings. The molecule has 0 spiro atoms. The van der Waals surface area contributed by atoms with Gasteiger partial charge in [0.05, 0.1) is 12.1 Å². The molecule has 0 radical (unpaired) electrons. The summed E-state index contributed by atoms with van der Waals surface area (Å²) in [4.78, 5) is 4.50. The maximum atomic E-state index is 10.1. The highest BCUT2D eigenvalue weighted by atomic mass is 16.3. The summed E-state index contributed by atoms with van der Waals surface area (Å²) in [7, 11) is 0. The summed E-state index contributed by atoms with van der Waals surface area (Å²) in [6, 6.07) is 10.5. The third-order valence-electron chi connectivity index (χ3n) is 3.94. The van der Waals surface area contributed by atoms with E-state index in [1.807, 2.05) is 6.07 Å². The van der Waals surface area contributed by atoms with E-state index in [2.05, 4.69) is 46.8 Å². The standard InChI is InChI=1S/C17H27N3O/c1-2-18-16(20-14-17(21)11-7-12-17)19-13-6-10-15-8-4-3-5-9-15/h3-5,8-9,21H,2,6-7,10-14H2,1H3,(H2,18,19,20). The number of benzene rings is 1. The minimum absolute atomic E-state index is 0.501. The van der Waals surface area contributed by atoms with Gasteiger partial charge in [-0.1, -0.05) is 30.3 Å². The van der Waals surface area contributed by atoms with E-state index in [0.717, 1.165) is 51.2 Å². The maximum Gasteiger partial charge on any atom is 0.191 e. The second kappa shape index (κ2) is 8.03. The van der Waals surface area contributed by atoms with Crippen molar-refractivity contribution in [1.29, 1.82) is 0 Å². The van der Waals surface area contributed by atoms with E-state index in [-0.39, 0.29) is 0 Å². The van der Waals surface area contributed by atoms with Gasteiger partial charge in [-0.25, -0.2) is 0 Å². The van der Waals surface area contributed by atoms with E-state index < -0.39 is 5.60 Å². The Bertz CT molecular complexity index is 441. The molecule has 4 nitrogen and oxygen atoms in total. The van der Waals surface area contributed by atoms with Gasteiger partial charge in [-0.2, -0.15) is 0 Å². The van der Waals surface area contributed by atoms with Crippen LogP contribution in [0.3, 0.4) is 0 Å². The van der Waals surface area contributed by atoms with E-state index in [1.165, 1.54) is 5.56 Å². The smallest absolute Gasteiger partial charge is 0.191 e. The molecule has 0 unspecified atom stereocenters. The quantitative estimate of drug-likeness (QED) is 0.409. The first-order valence-electron chi connectivity index (χ1n) is 8.00. The average Bonchev–Trinajstić information content (AvgIpc) is 2.48. The minimum atomic E-state index is -0.549. The summed E-state index contributed by atoms with van der Waals surface area (Å²) < 4.78 is 0. The topological polar surface area (TPSA) is 56.7 Å². The van der Waals surface area contributed by atoms with Crippen LogP contribution in [0.4, 0.5) is 0 Å². The first-order valence-corrected chi connectivity index (χ1v) is 8.00. The monoisotopic (exact) mass is 289 g/mol. The van der Waals surface area contributed by atoms with E-state index in [4.69, 9.17) is 0 Å². The van der Waals surface area contributed by atoms with Crippen molar-refractivity contribution in [2.45, 2.75) is 44.6 Å². The number of aliphatic imine (C=N–C) groups is 1. The molecule has 0 bridgehead atoms. The van der Waals surface area contributed by atoms with Gasteiger partial charge in [0.25, 0.3) is 0 Å². The van der Waals surface area contributed by atoms with Crippen LogP contribution in [0.2, 0.25) is 0 Å². The Hall–Kier alpha value is -1.55. The third-order valence-corrected chi connectivity index (χ3v) is 3.94. The molecule has 0 atom stereocenters. The molecule has 0 amide bonds. The van der Waals surface area contributed by atoms with Crippen molar-refractivity contribution in [3.05, 3.63) is 35.9 Å². The molecular weight excluding hydrogens is 262 g/mol. The number of hydrogen-bond acceptors (Lipinski definition) is 2. The van der Waals surface area contributed by atoms with Gasteiger partial charge in [0.1, 0.15) is 0 Å². The van der Waals surface area contributed by atoms with Crippen LogP contribution in [-0.4, -0.2) is 36.3 Å². The van der Waals surface area contributed by atoms with Crippen LogP contribution in [0.1, 0.15) is 38.2 Å². The average molecular weight is 289 g/mol. The van der Waals surface area contributed by atoms with Gasteiger partial charge >= 0.3 is 0 Å². The Morgan fingerprint density at radius 1 is 1.24 bits per heavy atom. The van der Waals surface area contributed by atoms with Gasteiger partial charge in [0.2, 0.25) is 0 Å². The van der Waals surface area contributed by atoms with Gasteiger partial charge in [0, 0.05) is 13.1 Å². The predicted molar refractivity (Wildman–Crippen MR) is 87.5 cm³/mol. The third kappa shape index (κ3) is 5.38. The molecule has 116 valence electrons. The van der Waals surface area contributed by atoms with Crippen LogP contribution < -0.4 is 10.6 Å². The summed E-state index contributed by atoms with van der Waals surface area (Å²) in [5.41, 5.74) is 0.817. The highest BCUT2D eigenvalue weighted by molar-refractivity contribution is 5.79. The van der Waals surface area contributed by atoms with Gasteiger partial charge in [-0.3, -0.25) is 4.99 Å². The fourth-order valence-corrected chi connectivity index (χ4v) is 2.45. The summed E-state index contributed by atoms with van der Waals surface area (Å²) in [6.45, 7) is 4.28. The molecule has 1 aliphatic carbocycles. The van der Waals surface area contributed by atoms with Crippen molar-refractivity contribution in [3.63, 3.8) is 0 Å². The van der Waals surface area contributed by atoms with Crippen molar-refractivity contribution in [1.82, 2.24) is 10.6 Å². The molecule has 0 saturated heterocycles. The first kappa shape index (κ1) is 15.8. The van der Waals surface area contributed by atoms with Gasteiger partial charge < -0.3 is 15.7 Å². The van der Waals surface area contributed by atoms with Crippen molar-refractivity contribution < 1.29 is 5.11 Å². The zero-order valence-electron chi connectivity index (χ0n) is 12.9. The number of aliphatic hydroxyl groups is 1. The zero-order chi connectivity index (χ0) is 15.0. The van der Waals surface area contributed by atoms with Crippen LogP contribution in [0.15, 0.2) is 35.3 Å². The number of guanidine groups is 1. The van der Waals surface area contributed by atoms with E-state index in [9.17, 15) is 5.11 Å². The Morgan fingerprint density at radius 2 is 2.00 bits per heavy atom. The largest absolute Gasteiger partial charge is 0.388 e. The summed E-state index contributed by atoms with van der Waals surface area (Å²) in [5.74, 6) is 0.811. The summed E-state index contributed by atoms with van der Waals surface area (Å²) >= 11 is 0. The summed E-state index contributed by atoms with van der Waals surface area (Å²) in [5, 5.41) is 16.7. The van der Waals surface area contributed by atoms with Crippen molar-refractivity contribution in [2.75, 3.05) is 19.6 Å². The molecule has 0 aromatic heterocycles. The SMILES string of the molecule is CCNC(=NCC1(O)CCC1)NCCCc1ccccc1. The predicted octanol–water partition coefficient (Wildman–Crippen LogP) is 2.09. The van der Waals surface area contributed by atoms with Crippen molar-refractivity contribution in [2.24, 2.45) is 4.99 Å². The summed E-state index contributed by atoms with van der Waals surface area (Å²) in [6.07, 6.45) is 5.01. The Labute approximate surface area is 127 Å².